The van der Waals surface area contributed by atoms with Crippen molar-refractivity contribution in [3.63, 3.8) is 0 Å². The Bertz CT molecular complexity index is 516. The van der Waals surface area contributed by atoms with Crippen LogP contribution in [0.5, 0.6) is 0 Å². The highest BCUT2D eigenvalue weighted by molar-refractivity contribution is 9.10. The third-order valence-corrected chi connectivity index (χ3v) is 4.64. The van der Waals surface area contributed by atoms with Crippen LogP contribution >= 0.6 is 15.9 Å². The minimum Gasteiger partial charge on any atom is -0.347 e. The largest absolute Gasteiger partial charge is 0.347 e. The number of benzene rings is 1. The van der Waals surface area contributed by atoms with E-state index in [1.54, 1.807) is 0 Å². The molecule has 20 heavy (non-hydrogen) atoms. The Morgan fingerprint density at radius 2 is 1.90 bits per heavy atom. The minimum atomic E-state index is -0.429. The van der Waals surface area contributed by atoms with Gasteiger partial charge in [-0.05, 0) is 40.5 Å². The lowest BCUT2D eigenvalue weighted by molar-refractivity contribution is -0.181. The van der Waals surface area contributed by atoms with Crippen LogP contribution in [0.1, 0.15) is 28.8 Å². The quantitative estimate of drug-likeness (QED) is 0.789. The molecule has 1 amide bonds. The Morgan fingerprint density at radius 3 is 2.50 bits per heavy atom. The summed E-state index contributed by atoms with van der Waals surface area (Å²) < 4.78 is 12.2. The molecule has 0 N–H and O–H groups in total. The molecule has 2 saturated heterocycles. The van der Waals surface area contributed by atoms with Crippen molar-refractivity contribution in [2.24, 2.45) is 0 Å². The third-order valence-electron chi connectivity index (χ3n) is 3.98. The van der Waals surface area contributed by atoms with E-state index in [0.29, 0.717) is 26.3 Å². The van der Waals surface area contributed by atoms with Crippen molar-refractivity contribution in [2.45, 2.75) is 25.6 Å². The summed E-state index contributed by atoms with van der Waals surface area (Å²) in [6.07, 6.45) is 1.50. The summed E-state index contributed by atoms with van der Waals surface area (Å²) >= 11 is 3.48. The second-order valence-electron chi connectivity index (χ2n) is 5.38. The van der Waals surface area contributed by atoms with Gasteiger partial charge in [0.15, 0.2) is 5.79 Å². The number of carbonyl (C=O) groups excluding carboxylic acids is 1. The van der Waals surface area contributed by atoms with Gasteiger partial charge in [0.1, 0.15) is 0 Å². The van der Waals surface area contributed by atoms with E-state index in [4.69, 9.17) is 9.47 Å². The van der Waals surface area contributed by atoms with Crippen LogP contribution in [0.4, 0.5) is 0 Å². The summed E-state index contributed by atoms with van der Waals surface area (Å²) in [4.78, 5) is 14.4. The van der Waals surface area contributed by atoms with Crippen molar-refractivity contribution in [3.05, 3.63) is 33.8 Å². The van der Waals surface area contributed by atoms with Gasteiger partial charge >= 0.3 is 0 Å². The molecule has 1 aromatic rings. The van der Waals surface area contributed by atoms with Crippen LogP contribution in [0.25, 0.3) is 0 Å². The van der Waals surface area contributed by atoms with E-state index in [0.717, 1.165) is 28.4 Å². The molecule has 2 aliphatic heterocycles. The van der Waals surface area contributed by atoms with Crippen LogP contribution in [0, 0.1) is 6.92 Å². The molecule has 0 saturated carbocycles. The first-order valence-corrected chi connectivity index (χ1v) is 7.72. The Hall–Kier alpha value is -0.910. The molecule has 5 heteroatoms. The van der Waals surface area contributed by atoms with E-state index < -0.39 is 5.79 Å². The number of likely N-dealkylation sites (tertiary alicyclic amines) is 1. The number of carbonyl (C=O) groups is 1. The number of nitrogens with zero attached hydrogens (tertiary/aromatic N) is 1. The molecular formula is C15H18BrNO3. The van der Waals surface area contributed by atoms with Gasteiger partial charge in [-0.25, -0.2) is 0 Å². The topological polar surface area (TPSA) is 38.8 Å². The molecule has 1 spiro atoms. The predicted octanol–water partition coefficient (Wildman–Crippen LogP) is 2.74. The van der Waals surface area contributed by atoms with Crippen LogP contribution in [-0.4, -0.2) is 42.9 Å². The number of piperidine rings is 1. The molecule has 2 aliphatic rings. The maximum absolute atomic E-state index is 12.5. The van der Waals surface area contributed by atoms with E-state index in [2.05, 4.69) is 15.9 Å². The standard InChI is InChI=1S/C15H18BrNO3/c1-11-2-3-12(13(16)10-11)14(18)17-6-4-15(5-7-17)19-8-9-20-15/h2-3,10H,4-9H2,1H3. The van der Waals surface area contributed by atoms with Crippen LogP contribution in [-0.2, 0) is 9.47 Å². The highest BCUT2D eigenvalue weighted by Crippen LogP contribution is 2.32. The van der Waals surface area contributed by atoms with Crippen molar-refractivity contribution >= 4 is 21.8 Å². The SMILES string of the molecule is Cc1ccc(C(=O)N2CCC3(CC2)OCCO3)c(Br)c1. The molecule has 0 unspecified atom stereocenters. The van der Waals surface area contributed by atoms with E-state index >= 15 is 0 Å². The first kappa shape index (κ1) is 14.0. The molecule has 4 nitrogen and oxygen atoms in total. The molecule has 0 aliphatic carbocycles. The summed E-state index contributed by atoms with van der Waals surface area (Å²) in [6, 6.07) is 5.82. The third kappa shape index (κ3) is 2.62. The lowest BCUT2D eigenvalue weighted by Gasteiger charge is -2.37. The zero-order valence-electron chi connectivity index (χ0n) is 11.5. The summed E-state index contributed by atoms with van der Waals surface area (Å²) in [6.45, 7) is 4.70. The zero-order chi connectivity index (χ0) is 14.2. The number of aryl methyl sites for hydroxylation is 1. The van der Waals surface area contributed by atoms with E-state index in [-0.39, 0.29) is 5.91 Å². The van der Waals surface area contributed by atoms with Gasteiger partial charge in [0.2, 0.25) is 0 Å². The Kier molecular flexibility index (Phi) is 3.84. The highest BCUT2D eigenvalue weighted by atomic mass is 79.9. The van der Waals surface area contributed by atoms with Crippen LogP contribution in [0.2, 0.25) is 0 Å². The second-order valence-corrected chi connectivity index (χ2v) is 6.24. The molecule has 2 heterocycles. The Morgan fingerprint density at radius 1 is 1.25 bits per heavy atom. The summed E-state index contributed by atoms with van der Waals surface area (Å²) in [5.74, 6) is -0.355. The zero-order valence-corrected chi connectivity index (χ0v) is 13.1. The molecule has 0 radical (unpaired) electrons. The molecule has 2 fully saturated rings. The van der Waals surface area contributed by atoms with Gasteiger partial charge in [0.05, 0.1) is 18.8 Å². The second kappa shape index (κ2) is 5.47. The van der Waals surface area contributed by atoms with Crippen molar-refractivity contribution in [3.8, 4) is 0 Å². The Balaban J connectivity index is 1.69. The number of hydrogen-bond acceptors (Lipinski definition) is 3. The monoisotopic (exact) mass is 339 g/mol. The summed E-state index contributed by atoms with van der Waals surface area (Å²) in [5.41, 5.74) is 1.86. The Labute approximate surface area is 127 Å². The van der Waals surface area contributed by atoms with Gasteiger partial charge < -0.3 is 14.4 Å². The lowest BCUT2D eigenvalue weighted by atomic mass is 10.0. The highest BCUT2D eigenvalue weighted by Gasteiger charge is 2.40. The van der Waals surface area contributed by atoms with Gasteiger partial charge in [-0.3, -0.25) is 4.79 Å². The van der Waals surface area contributed by atoms with Crippen LogP contribution in [0.3, 0.4) is 0 Å². The number of hydrogen-bond donors (Lipinski definition) is 0. The average molecular weight is 340 g/mol. The van der Waals surface area contributed by atoms with E-state index in [1.165, 1.54) is 0 Å². The van der Waals surface area contributed by atoms with Crippen molar-refractivity contribution in [1.29, 1.82) is 0 Å². The predicted molar refractivity (Wildman–Crippen MR) is 78.7 cm³/mol. The number of halogens is 1. The fraction of sp³-hybridized carbons (Fsp3) is 0.533. The van der Waals surface area contributed by atoms with E-state index in [1.807, 2.05) is 30.0 Å². The van der Waals surface area contributed by atoms with Gasteiger partial charge in [0.25, 0.3) is 5.91 Å². The summed E-state index contributed by atoms with van der Waals surface area (Å²) in [7, 11) is 0. The van der Waals surface area contributed by atoms with Gasteiger partial charge in [0, 0.05) is 30.4 Å². The average Bonchev–Trinajstić information content (AvgIpc) is 2.87. The fourth-order valence-corrected chi connectivity index (χ4v) is 3.46. The minimum absolute atomic E-state index is 0.0738. The summed E-state index contributed by atoms with van der Waals surface area (Å²) in [5, 5.41) is 0. The fourth-order valence-electron chi connectivity index (χ4n) is 2.80. The maximum atomic E-state index is 12.5. The van der Waals surface area contributed by atoms with Crippen LogP contribution in [0.15, 0.2) is 22.7 Å². The normalized spacial score (nSPS) is 21.4. The van der Waals surface area contributed by atoms with Gasteiger partial charge in [-0.15, -0.1) is 0 Å². The maximum Gasteiger partial charge on any atom is 0.255 e. The number of amides is 1. The van der Waals surface area contributed by atoms with Crippen molar-refractivity contribution in [2.75, 3.05) is 26.3 Å². The first-order chi connectivity index (χ1) is 9.60. The van der Waals surface area contributed by atoms with Gasteiger partial charge in [-0.1, -0.05) is 6.07 Å². The lowest BCUT2D eigenvalue weighted by Crippen LogP contribution is -2.47. The van der Waals surface area contributed by atoms with E-state index in [9.17, 15) is 4.79 Å². The number of rotatable bonds is 1. The molecule has 0 atom stereocenters. The molecule has 0 aromatic heterocycles. The van der Waals surface area contributed by atoms with Crippen molar-refractivity contribution in [1.82, 2.24) is 4.90 Å². The molecule has 108 valence electrons. The molecular weight excluding hydrogens is 322 g/mol. The number of ether oxygens (including phenoxy) is 2. The first-order valence-electron chi connectivity index (χ1n) is 6.93. The van der Waals surface area contributed by atoms with Crippen LogP contribution < -0.4 is 0 Å². The molecule has 0 bridgehead atoms. The molecule has 3 rings (SSSR count). The smallest absolute Gasteiger partial charge is 0.255 e. The molecule has 1 aromatic carbocycles. The van der Waals surface area contributed by atoms with Crippen molar-refractivity contribution < 1.29 is 14.3 Å². The van der Waals surface area contributed by atoms with Gasteiger partial charge in [-0.2, -0.15) is 0 Å².